The molecule has 136 valence electrons. The van der Waals surface area contributed by atoms with Crippen LogP contribution >= 0.6 is 0 Å². The smallest absolute Gasteiger partial charge is 0.0900 e. The van der Waals surface area contributed by atoms with Crippen LogP contribution in [0.2, 0.25) is 0 Å². The molecule has 0 saturated carbocycles. The molecule has 0 spiro atoms. The van der Waals surface area contributed by atoms with Crippen LogP contribution in [0.15, 0.2) is 0 Å². The molecule has 0 aromatic rings. The van der Waals surface area contributed by atoms with E-state index in [1.54, 1.807) is 0 Å². The first-order valence-electron chi connectivity index (χ1n) is 9.30. The Kier molecular flexibility index (Phi) is 7.29. The van der Waals surface area contributed by atoms with Gasteiger partial charge in [-0.25, -0.2) is 0 Å². The van der Waals surface area contributed by atoms with Gasteiger partial charge in [0.2, 0.25) is 0 Å². The number of β-amino-alcohol motifs (C(OH)–C–C–N with tert-alkyl or cyclic N) is 1. The van der Waals surface area contributed by atoms with Gasteiger partial charge >= 0.3 is 0 Å². The molecule has 2 rings (SSSR count). The van der Waals surface area contributed by atoms with E-state index in [1.807, 2.05) is 20.8 Å². The van der Waals surface area contributed by atoms with E-state index in [1.165, 1.54) is 32.4 Å². The molecule has 2 saturated heterocycles. The van der Waals surface area contributed by atoms with Crippen LogP contribution in [-0.4, -0.2) is 97.0 Å². The molecule has 0 bridgehead atoms. The van der Waals surface area contributed by atoms with Gasteiger partial charge in [-0.15, -0.1) is 0 Å². The fourth-order valence-corrected chi connectivity index (χ4v) is 3.52. The van der Waals surface area contributed by atoms with Gasteiger partial charge in [-0.1, -0.05) is 6.42 Å². The molecule has 5 heteroatoms. The van der Waals surface area contributed by atoms with Crippen LogP contribution in [0.5, 0.6) is 0 Å². The summed E-state index contributed by atoms with van der Waals surface area (Å²) < 4.78 is 5.67. The SMILES string of the molecule is CN1CCCC[C@H]1CN1CCN(C[C@H](O)COC(C)(C)C)CC1. The molecule has 5 nitrogen and oxygen atoms in total. The number of aliphatic hydroxyl groups is 1. The van der Waals surface area contributed by atoms with E-state index in [9.17, 15) is 5.11 Å². The topological polar surface area (TPSA) is 39.2 Å². The first-order valence-corrected chi connectivity index (χ1v) is 9.30. The lowest BCUT2D eigenvalue weighted by Crippen LogP contribution is -2.53. The van der Waals surface area contributed by atoms with Crippen molar-refractivity contribution in [1.82, 2.24) is 14.7 Å². The molecule has 0 amide bonds. The number of likely N-dealkylation sites (tertiary alicyclic amines) is 1. The number of hydrogen-bond acceptors (Lipinski definition) is 5. The van der Waals surface area contributed by atoms with Gasteiger partial charge in [-0.3, -0.25) is 9.80 Å². The molecule has 0 aromatic carbocycles. The van der Waals surface area contributed by atoms with E-state index in [2.05, 4.69) is 21.7 Å². The maximum Gasteiger partial charge on any atom is 0.0900 e. The second kappa shape index (κ2) is 8.77. The number of piperazine rings is 1. The largest absolute Gasteiger partial charge is 0.389 e. The van der Waals surface area contributed by atoms with Crippen LogP contribution in [-0.2, 0) is 4.74 Å². The first kappa shape index (κ1) is 19.1. The van der Waals surface area contributed by atoms with Crippen molar-refractivity contribution in [3.63, 3.8) is 0 Å². The lowest BCUT2D eigenvalue weighted by Gasteiger charge is -2.40. The lowest BCUT2D eigenvalue weighted by atomic mass is 10.0. The summed E-state index contributed by atoms with van der Waals surface area (Å²) in [6, 6.07) is 0.737. The van der Waals surface area contributed by atoms with E-state index >= 15 is 0 Å². The zero-order valence-corrected chi connectivity index (χ0v) is 15.6. The molecule has 2 fully saturated rings. The molecule has 2 aliphatic heterocycles. The minimum Gasteiger partial charge on any atom is -0.389 e. The van der Waals surface area contributed by atoms with Gasteiger partial charge in [0.1, 0.15) is 0 Å². The van der Waals surface area contributed by atoms with Gasteiger partial charge in [0, 0.05) is 45.3 Å². The highest BCUT2D eigenvalue weighted by atomic mass is 16.5. The van der Waals surface area contributed by atoms with Crippen molar-refractivity contribution in [3.8, 4) is 0 Å². The lowest BCUT2D eigenvalue weighted by molar-refractivity contribution is -0.0589. The maximum atomic E-state index is 10.1. The summed E-state index contributed by atoms with van der Waals surface area (Å²) >= 11 is 0. The Bertz CT molecular complexity index is 338. The quantitative estimate of drug-likeness (QED) is 0.795. The number of rotatable bonds is 6. The second-order valence-corrected chi connectivity index (χ2v) is 8.31. The van der Waals surface area contributed by atoms with Crippen molar-refractivity contribution in [2.75, 3.05) is 59.5 Å². The number of ether oxygens (including phenoxy) is 1. The van der Waals surface area contributed by atoms with Crippen LogP contribution in [0.1, 0.15) is 40.0 Å². The average Bonchev–Trinajstić information content (AvgIpc) is 2.49. The number of aliphatic hydroxyl groups excluding tert-OH is 1. The second-order valence-electron chi connectivity index (χ2n) is 8.31. The summed E-state index contributed by atoms with van der Waals surface area (Å²) in [5, 5.41) is 10.1. The fraction of sp³-hybridized carbons (Fsp3) is 1.00. The number of nitrogens with zero attached hydrogens (tertiary/aromatic N) is 3. The third-order valence-electron chi connectivity index (χ3n) is 5.03. The molecule has 1 N–H and O–H groups in total. The maximum absolute atomic E-state index is 10.1. The van der Waals surface area contributed by atoms with Gasteiger partial charge in [0.25, 0.3) is 0 Å². The van der Waals surface area contributed by atoms with Crippen molar-refractivity contribution >= 4 is 0 Å². The molecule has 2 atom stereocenters. The fourth-order valence-electron chi connectivity index (χ4n) is 3.52. The molecule has 2 heterocycles. The molecule has 0 unspecified atom stereocenters. The van der Waals surface area contributed by atoms with Crippen molar-refractivity contribution in [1.29, 1.82) is 0 Å². The van der Waals surface area contributed by atoms with E-state index in [0.29, 0.717) is 6.61 Å². The van der Waals surface area contributed by atoms with Crippen LogP contribution in [0, 0.1) is 0 Å². The van der Waals surface area contributed by atoms with E-state index < -0.39 is 0 Å². The summed E-state index contributed by atoms with van der Waals surface area (Å²) in [7, 11) is 2.27. The zero-order valence-electron chi connectivity index (χ0n) is 15.6. The summed E-state index contributed by atoms with van der Waals surface area (Å²) in [5.74, 6) is 0. The Morgan fingerprint density at radius 1 is 1.04 bits per heavy atom. The summed E-state index contributed by atoms with van der Waals surface area (Å²) in [5.41, 5.74) is -0.175. The molecule has 23 heavy (non-hydrogen) atoms. The van der Waals surface area contributed by atoms with Gasteiger partial charge in [0.05, 0.1) is 18.3 Å². The van der Waals surface area contributed by atoms with Crippen LogP contribution in [0.25, 0.3) is 0 Å². The highest BCUT2D eigenvalue weighted by molar-refractivity contribution is 4.81. The van der Waals surface area contributed by atoms with Gasteiger partial charge in [-0.2, -0.15) is 0 Å². The highest BCUT2D eigenvalue weighted by Gasteiger charge is 2.25. The molecule has 0 aromatic heterocycles. The normalized spacial score (nSPS) is 27.3. The predicted molar refractivity (Wildman–Crippen MR) is 94.9 cm³/mol. The zero-order chi connectivity index (χ0) is 16.9. The van der Waals surface area contributed by atoms with E-state index in [-0.39, 0.29) is 11.7 Å². The summed E-state index contributed by atoms with van der Waals surface area (Å²) in [4.78, 5) is 7.50. The number of hydrogen-bond donors (Lipinski definition) is 1. The minimum atomic E-state index is -0.384. The highest BCUT2D eigenvalue weighted by Crippen LogP contribution is 2.17. The Labute approximate surface area is 142 Å². The Morgan fingerprint density at radius 3 is 2.30 bits per heavy atom. The van der Waals surface area contributed by atoms with Crippen LogP contribution < -0.4 is 0 Å². The Balaban J connectivity index is 1.63. The third kappa shape index (κ3) is 7.06. The minimum absolute atomic E-state index is 0.175. The van der Waals surface area contributed by atoms with Crippen molar-refractivity contribution in [2.24, 2.45) is 0 Å². The molecule has 2 aliphatic rings. The van der Waals surface area contributed by atoms with E-state index in [4.69, 9.17) is 4.74 Å². The van der Waals surface area contributed by atoms with Crippen molar-refractivity contribution < 1.29 is 9.84 Å². The number of piperidine rings is 1. The van der Waals surface area contributed by atoms with Crippen LogP contribution in [0.4, 0.5) is 0 Å². The standard InChI is InChI=1S/C18H37N3O2/c1-18(2,3)23-15-17(22)14-21-11-9-20(10-12-21)13-16-7-5-6-8-19(16)4/h16-17,22H,5-15H2,1-4H3/t16-,17-/m0/s1. The van der Waals surface area contributed by atoms with Gasteiger partial charge in [-0.05, 0) is 47.2 Å². The Hall–Kier alpha value is -0.200. The van der Waals surface area contributed by atoms with Crippen molar-refractivity contribution in [3.05, 3.63) is 0 Å². The molecular formula is C18H37N3O2. The third-order valence-corrected chi connectivity index (χ3v) is 5.03. The molecule has 0 aliphatic carbocycles. The van der Waals surface area contributed by atoms with Gasteiger partial charge < -0.3 is 14.7 Å². The summed E-state index contributed by atoms with van der Waals surface area (Å²) in [6.07, 6.45) is 3.70. The number of likely N-dealkylation sites (N-methyl/N-ethyl adjacent to an activating group) is 1. The Morgan fingerprint density at radius 2 is 1.70 bits per heavy atom. The molecular weight excluding hydrogens is 290 g/mol. The summed E-state index contributed by atoms with van der Waals surface area (Å²) in [6.45, 7) is 14.1. The van der Waals surface area contributed by atoms with Crippen molar-refractivity contribution in [2.45, 2.75) is 57.8 Å². The van der Waals surface area contributed by atoms with Gasteiger partial charge in [0.15, 0.2) is 0 Å². The van der Waals surface area contributed by atoms with Crippen LogP contribution in [0.3, 0.4) is 0 Å². The average molecular weight is 328 g/mol. The monoisotopic (exact) mass is 327 g/mol. The van der Waals surface area contributed by atoms with E-state index in [0.717, 1.165) is 38.8 Å². The molecule has 0 radical (unpaired) electrons. The predicted octanol–water partition coefficient (Wildman–Crippen LogP) is 1.26. The first-order chi connectivity index (χ1) is 10.8.